The fraction of sp³-hybridized carbons (Fsp3) is 0.318. The lowest BCUT2D eigenvalue weighted by Crippen LogP contribution is -2.46. The van der Waals surface area contributed by atoms with E-state index >= 15 is 0 Å². The summed E-state index contributed by atoms with van der Waals surface area (Å²) in [5.74, 6) is 0.309. The lowest BCUT2D eigenvalue weighted by Gasteiger charge is -2.35. The van der Waals surface area contributed by atoms with E-state index in [-0.39, 0.29) is 5.95 Å². The zero-order chi connectivity index (χ0) is 22.7. The Bertz CT molecular complexity index is 1100. The molecule has 1 saturated heterocycles. The van der Waals surface area contributed by atoms with E-state index in [2.05, 4.69) is 31.4 Å². The second-order valence-electron chi connectivity index (χ2n) is 7.63. The molecule has 0 aliphatic carbocycles. The number of hydrogen-bond acceptors (Lipinski definition) is 7. The van der Waals surface area contributed by atoms with Crippen LogP contribution in [0.3, 0.4) is 0 Å². The molecule has 0 spiro atoms. The smallest absolute Gasteiger partial charge is 0.224 e. The molecule has 8 nitrogen and oxygen atoms in total. The summed E-state index contributed by atoms with van der Waals surface area (Å²) in [4.78, 5) is 12.7. The molecule has 1 aromatic carbocycles. The maximum absolute atomic E-state index is 13.5. The van der Waals surface area contributed by atoms with Crippen LogP contribution in [0.15, 0.2) is 36.5 Å². The highest BCUT2D eigenvalue weighted by molar-refractivity contribution is 5.53. The molecular weight excluding hydrogens is 414 g/mol. The summed E-state index contributed by atoms with van der Waals surface area (Å²) in [7, 11) is 1.77. The lowest BCUT2D eigenvalue weighted by atomic mass is 10.2. The van der Waals surface area contributed by atoms with Gasteiger partial charge in [0.05, 0.1) is 11.9 Å². The molecule has 1 aliphatic heterocycles. The molecule has 32 heavy (non-hydrogen) atoms. The van der Waals surface area contributed by atoms with Gasteiger partial charge in [0.1, 0.15) is 17.5 Å². The van der Waals surface area contributed by atoms with E-state index in [1.165, 1.54) is 12.1 Å². The van der Waals surface area contributed by atoms with Gasteiger partial charge >= 0.3 is 0 Å². The lowest BCUT2D eigenvalue weighted by molar-refractivity contribution is 0.284. The Hall–Kier alpha value is -3.53. The minimum atomic E-state index is -0.548. The number of nitrogens with two attached hydrogens (primary N) is 1. The standard InChI is InChI=1S/C22H26F2N8/c1-15-16(14-27-32(15)21-13-20(26-2)28-22(25)29-21)4-3-5-30-6-8-31(9-7-30)19-11-17(23)10-18(24)12-19/h3-4,10-14H,5-9H2,1-2H3,(H3,25,26,28,29). The highest BCUT2D eigenvalue weighted by Gasteiger charge is 2.17. The molecule has 4 rings (SSSR count). The van der Waals surface area contributed by atoms with Gasteiger partial charge < -0.3 is 16.0 Å². The van der Waals surface area contributed by atoms with Crippen LogP contribution in [0.4, 0.5) is 26.2 Å². The van der Waals surface area contributed by atoms with E-state index in [0.717, 1.165) is 50.0 Å². The zero-order valence-corrected chi connectivity index (χ0v) is 18.1. The molecule has 1 aliphatic rings. The van der Waals surface area contributed by atoms with Crippen LogP contribution >= 0.6 is 0 Å². The Morgan fingerprint density at radius 3 is 2.47 bits per heavy atom. The fourth-order valence-electron chi connectivity index (χ4n) is 3.75. The summed E-state index contributed by atoms with van der Waals surface area (Å²) < 4.78 is 28.7. The summed E-state index contributed by atoms with van der Waals surface area (Å²) in [6, 6.07) is 5.44. The van der Waals surface area contributed by atoms with Gasteiger partial charge in [0, 0.05) is 63.2 Å². The number of benzene rings is 1. The van der Waals surface area contributed by atoms with Crippen molar-refractivity contribution in [2.45, 2.75) is 6.92 Å². The van der Waals surface area contributed by atoms with Gasteiger partial charge in [-0.1, -0.05) is 12.2 Å². The van der Waals surface area contributed by atoms with Crippen LogP contribution < -0.4 is 16.0 Å². The monoisotopic (exact) mass is 440 g/mol. The van der Waals surface area contributed by atoms with E-state index in [9.17, 15) is 8.78 Å². The number of anilines is 3. The van der Waals surface area contributed by atoms with Crippen molar-refractivity contribution in [2.24, 2.45) is 0 Å². The van der Waals surface area contributed by atoms with Crippen LogP contribution in [0, 0.1) is 18.6 Å². The van der Waals surface area contributed by atoms with E-state index in [1.54, 1.807) is 24.0 Å². The molecule has 168 valence electrons. The highest BCUT2D eigenvalue weighted by atomic mass is 19.1. The number of nitrogen functional groups attached to an aromatic ring is 1. The van der Waals surface area contributed by atoms with Crippen LogP contribution in [0.1, 0.15) is 11.3 Å². The minimum absolute atomic E-state index is 0.180. The van der Waals surface area contributed by atoms with E-state index < -0.39 is 11.6 Å². The Kier molecular flexibility index (Phi) is 6.31. The number of nitrogens with one attached hydrogen (secondary N) is 1. The molecule has 0 bridgehead atoms. The predicted octanol–water partition coefficient (Wildman–Crippen LogP) is 2.71. The van der Waals surface area contributed by atoms with Crippen molar-refractivity contribution in [3.05, 3.63) is 59.4 Å². The van der Waals surface area contributed by atoms with E-state index in [0.29, 0.717) is 17.3 Å². The second-order valence-corrected chi connectivity index (χ2v) is 7.63. The van der Waals surface area contributed by atoms with E-state index in [4.69, 9.17) is 5.73 Å². The van der Waals surface area contributed by atoms with E-state index in [1.807, 2.05) is 17.9 Å². The number of rotatable bonds is 6. The Morgan fingerprint density at radius 1 is 1.06 bits per heavy atom. The van der Waals surface area contributed by atoms with Crippen molar-refractivity contribution in [1.29, 1.82) is 0 Å². The van der Waals surface area contributed by atoms with Crippen molar-refractivity contribution in [3.63, 3.8) is 0 Å². The maximum atomic E-state index is 13.5. The first-order chi connectivity index (χ1) is 15.4. The summed E-state index contributed by atoms with van der Waals surface area (Å²) >= 11 is 0. The molecule has 0 amide bonds. The number of piperazine rings is 1. The van der Waals surface area contributed by atoms with Crippen LogP contribution in [0.5, 0.6) is 0 Å². The van der Waals surface area contributed by atoms with Crippen molar-refractivity contribution in [3.8, 4) is 5.82 Å². The first-order valence-electron chi connectivity index (χ1n) is 10.4. The Balaban J connectivity index is 1.36. The second kappa shape index (κ2) is 9.31. The molecule has 0 radical (unpaired) electrons. The quantitative estimate of drug-likeness (QED) is 0.609. The number of aromatic nitrogens is 4. The van der Waals surface area contributed by atoms with Crippen molar-refractivity contribution < 1.29 is 8.78 Å². The Labute approximate surface area is 185 Å². The molecule has 3 heterocycles. The van der Waals surface area contributed by atoms with Crippen LogP contribution in [0.25, 0.3) is 11.9 Å². The predicted molar refractivity (Wildman–Crippen MR) is 122 cm³/mol. The van der Waals surface area contributed by atoms with Gasteiger partial charge in [0.15, 0.2) is 5.82 Å². The maximum Gasteiger partial charge on any atom is 0.224 e. The SMILES string of the molecule is CNc1cc(-n2ncc(C=CCN3CCN(c4cc(F)cc(F)c4)CC3)c2C)nc(N)n1. The Morgan fingerprint density at radius 2 is 1.78 bits per heavy atom. The van der Waals surface area contributed by atoms with Gasteiger partial charge in [-0.25, -0.2) is 13.5 Å². The summed E-state index contributed by atoms with van der Waals surface area (Å²) in [5, 5.41) is 7.40. The normalized spacial score (nSPS) is 14.9. The topological polar surface area (TPSA) is 88.1 Å². The third-order valence-corrected chi connectivity index (χ3v) is 5.50. The first-order valence-corrected chi connectivity index (χ1v) is 10.4. The van der Waals surface area contributed by atoms with Gasteiger partial charge in [0.25, 0.3) is 0 Å². The van der Waals surface area contributed by atoms with Gasteiger partial charge in [0.2, 0.25) is 5.95 Å². The minimum Gasteiger partial charge on any atom is -0.373 e. The van der Waals surface area contributed by atoms with Gasteiger partial charge in [-0.15, -0.1) is 0 Å². The summed E-state index contributed by atoms with van der Waals surface area (Å²) in [5.41, 5.74) is 8.31. The number of halogens is 2. The third-order valence-electron chi connectivity index (χ3n) is 5.50. The number of nitrogens with zero attached hydrogens (tertiary/aromatic N) is 6. The van der Waals surface area contributed by atoms with Crippen LogP contribution in [-0.2, 0) is 0 Å². The van der Waals surface area contributed by atoms with Gasteiger partial charge in [-0.05, 0) is 19.1 Å². The molecular formula is C22H26F2N8. The number of hydrogen-bond donors (Lipinski definition) is 2. The van der Waals surface area contributed by atoms with Gasteiger partial charge in [-0.2, -0.15) is 15.1 Å². The first kappa shape index (κ1) is 21.7. The average Bonchev–Trinajstić information content (AvgIpc) is 3.13. The summed E-state index contributed by atoms with van der Waals surface area (Å²) in [6.45, 7) is 5.82. The van der Waals surface area contributed by atoms with Crippen molar-refractivity contribution in [1.82, 2.24) is 24.6 Å². The fourth-order valence-corrected chi connectivity index (χ4v) is 3.75. The van der Waals surface area contributed by atoms with Crippen LogP contribution in [-0.4, -0.2) is 64.4 Å². The van der Waals surface area contributed by atoms with Crippen molar-refractivity contribution >= 4 is 23.5 Å². The van der Waals surface area contributed by atoms with Crippen LogP contribution in [0.2, 0.25) is 0 Å². The molecule has 2 aromatic heterocycles. The largest absolute Gasteiger partial charge is 0.373 e. The molecule has 0 unspecified atom stereocenters. The van der Waals surface area contributed by atoms with Gasteiger partial charge in [-0.3, -0.25) is 4.90 Å². The molecule has 3 N–H and O–H groups in total. The molecule has 0 saturated carbocycles. The molecule has 0 atom stereocenters. The zero-order valence-electron chi connectivity index (χ0n) is 18.1. The molecule has 1 fully saturated rings. The summed E-state index contributed by atoms with van der Waals surface area (Å²) in [6.07, 6.45) is 5.93. The van der Waals surface area contributed by atoms with Crippen molar-refractivity contribution in [2.75, 3.05) is 55.7 Å². The molecule has 3 aromatic rings. The average molecular weight is 441 g/mol. The molecule has 10 heteroatoms. The highest BCUT2D eigenvalue weighted by Crippen LogP contribution is 2.20. The third kappa shape index (κ3) is 4.86.